The molecule has 2 aromatic rings. The lowest BCUT2D eigenvalue weighted by atomic mass is 9.87. The van der Waals surface area contributed by atoms with E-state index in [1.807, 2.05) is 24.3 Å². The summed E-state index contributed by atoms with van der Waals surface area (Å²) in [5, 5.41) is 7.68. The molecule has 2 aromatic carbocycles. The number of carbonyl (C=O) groups excluding carboxylic acids is 2. The van der Waals surface area contributed by atoms with Crippen molar-refractivity contribution < 1.29 is 18.0 Å². The zero-order valence-electron chi connectivity index (χ0n) is 17.8. The number of hydrogen-bond acceptors (Lipinski definition) is 6. The molecule has 0 aromatic heterocycles. The molecule has 0 radical (unpaired) electrons. The van der Waals surface area contributed by atoms with Crippen LogP contribution < -0.4 is 10.5 Å². The van der Waals surface area contributed by atoms with Crippen molar-refractivity contribution >= 4 is 61.9 Å². The van der Waals surface area contributed by atoms with Gasteiger partial charge in [-0.2, -0.15) is 0 Å². The van der Waals surface area contributed by atoms with Crippen LogP contribution in [-0.2, 0) is 25.0 Å². The summed E-state index contributed by atoms with van der Waals surface area (Å²) < 4.78 is 22.9. The molecule has 1 fully saturated rings. The fourth-order valence-electron chi connectivity index (χ4n) is 2.94. The summed E-state index contributed by atoms with van der Waals surface area (Å²) in [4.78, 5) is 26.8. The minimum atomic E-state index is -3.81. The highest BCUT2D eigenvalue weighted by atomic mass is 32.2. The standard InChI is InChI=1S/C22H23N3O4S3/c1-22(2,3)15-6-4-14(5-7-15)12-18-20(27)25(21(30)31-18)13-19(26)24-16-8-10-17(11-9-16)32(23,28)29/h4-12H,13H2,1-3H3,(H,24,26)(H2,23,28,29)/b18-12-. The number of thioether (sulfide) groups is 1. The van der Waals surface area contributed by atoms with Gasteiger partial charge in [-0.3, -0.25) is 14.5 Å². The van der Waals surface area contributed by atoms with Gasteiger partial charge in [0, 0.05) is 5.69 Å². The molecule has 32 heavy (non-hydrogen) atoms. The molecule has 0 bridgehead atoms. The minimum Gasteiger partial charge on any atom is -0.325 e. The van der Waals surface area contributed by atoms with E-state index in [0.29, 0.717) is 14.9 Å². The Hall–Kier alpha value is -2.53. The molecule has 0 aliphatic carbocycles. The number of benzene rings is 2. The molecular formula is C22H23N3O4S3. The smallest absolute Gasteiger partial charge is 0.266 e. The Labute approximate surface area is 197 Å². The number of primary sulfonamides is 1. The van der Waals surface area contributed by atoms with Crippen molar-refractivity contribution in [2.45, 2.75) is 31.1 Å². The summed E-state index contributed by atoms with van der Waals surface area (Å²) in [6.45, 7) is 6.15. The average molecular weight is 490 g/mol. The summed E-state index contributed by atoms with van der Waals surface area (Å²) in [5.74, 6) is -0.792. The molecule has 0 unspecified atom stereocenters. The van der Waals surface area contributed by atoms with Crippen molar-refractivity contribution in [1.82, 2.24) is 4.90 Å². The van der Waals surface area contributed by atoms with Crippen LogP contribution in [0.4, 0.5) is 5.69 Å². The van der Waals surface area contributed by atoms with E-state index in [4.69, 9.17) is 17.4 Å². The molecule has 3 N–H and O–H groups in total. The molecule has 3 rings (SSSR count). The molecule has 0 atom stereocenters. The minimum absolute atomic E-state index is 0.0359. The van der Waals surface area contributed by atoms with Crippen LogP contribution in [0.25, 0.3) is 6.08 Å². The van der Waals surface area contributed by atoms with E-state index in [0.717, 1.165) is 17.3 Å². The summed E-state index contributed by atoms with van der Waals surface area (Å²) in [6.07, 6.45) is 1.76. The van der Waals surface area contributed by atoms with Crippen LogP contribution in [0.3, 0.4) is 0 Å². The summed E-state index contributed by atoms with van der Waals surface area (Å²) in [7, 11) is -3.81. The van der Waals surface area contributed by atoms with Crippen molar-refractivity contribution in [3.63, 3.8) is 0 Å². The van der Waals surface area contributed by atoms with Gasteiger partial charge in [0.05, 0.1) is 9.80 Å². The Bertz CT molecular complexity index is 1200. The summed E-state index contributed by atoms with van der Waals surface area (Å²) in [5.41, 5.74) is 2.48. The van der Waals surface area contributed by atoms with Crippen molar-refractivity contribution in [2.24, 2.45) is 5.14 Å². The Morgan fingerprint density at radius 2 is 1.72 bits per heavy atom. The largest absolute Gasteiger partial charge is 0.325 e. The monoisotopic (exact) mass is 489 g/mol. The first-order valence-corrected chi connectivity index (χ1v) is 12.4. The lowest BCUT2D eigenvalue weighted by Crippen LogP contribution is -2.36. The third-order valence-corrected chi connectivity index (χ3v) is 7.02. The Morgan fingerprint density at radius 3 is 2.25 bits per heavy atom. The van der Waals surface area contributed by atoms with Gasteiger partial charge >= 0.3 is 0 Å². The number of nitrogens with zero attached hydrogens (tertiary/aromatic N) is 1. The van der Waals surface area contributed by atoms with Crippen LogP contribution in [0.2, 0.25) is 0 Å². The second-order valence-corrected chi connectivity index (χ2v) is 11.5. The maximum Gasteiger partial charge on any atom is 0.266 e. The van der Waals surface area contributed by atoms with E-state index in [1.54, 1.807) is 6.08 Å². The second-order valence-electron chi connectivity index (χ2n) is 8.26. The van der Waals surface area contributed by atoms with Crippen LogP contribution in [0.15, 0.2) is 58.3 Å². The highest BCUT2D eigenvalue weighted by Crippen LogP contribution is 2.33. The quantitative estimate of drug-likeness (QED) is 0.492. The molecule has 0 saturated carbocycles. The molecule has 7 nitrogen and oxygen atoms in total. The number of nitrogens with two attached hydrogens (primary N) is 1. The highest BCUT2D eigenvalue weighted by molar-refractivity contribution is 8.26. The Morgan fingerprint density at radius 1 is 1.12 bits per heavy atom. The molecule has 10 heteroatoms. The third-order valence-electron chi connectivity index (χ3n) is 4.72. The average Bonchev–Trinajstić information content (AvgIpc) is 2.95. The van der Waals surface area contributed by atoms with Gasteiger partial charge in [-0.05, 0) is 46.9 Å². The van der Waals surface area contributed by atoms with E-state index >= 15 is 0 Å². The van der Waals surface area contributed by atoms with Gasteiger partial charge in [0.1, 0.15) is 10.9 Å². The maximum absolute atomic E-state index is 12.8. The first kappa shape index (κ1) is 24.1. The zero-order chi connectivity index (χ0) is 23.7. The zero-order valence-corrected chi connectivity index (χ0v) is 20.2. The molecule has 2 amide bonds. The number of nitrogens with one attached hydrogen (secondary N) is 1. The number of hydrogen-bond donors (Lipinski definition) is 2. The van der Waals surface area contributed by atoms with Crippen molar-refractivity contribution in [1.29, 1.82) is 0 Å². The number of sulfonamides is 1. The predicted molar refractivity (Wildman–Crippen MR) is 131 cm³/mol. The van der Waals surface area contributed by atoms with Gasteiger partial charge in [0.15, 0.2) is 0 Å². The molecule has 1 heterocycles. The van der Waals surface area contributed by atoms with Gasteiger partial charge in [-0.1, -0.05) is 69.0 Å². The van der Waals surface area contributed by atoms with Gasteiger partial charge in [0.2, 0.25) is 15.9 Å². The van der Waals surface area contributed by atoms with Crippen LogP contribution in [0, 0.1) is 0 Å². The fourth-order valence-corrected chi connectivity index (χ4v) is 4.71. The lowest BCUT2D eigenvalue weighted by Gasteiger charge is -2.18. The van der Waals surface area contributed by atoms with E-state index in [1.165, 1.54) is 34.7 Å². The molecule has 1 aliphatic rings. The number of carbonyl (C=O) groups is 2. The Balaban J connectivity index is 1.66. The highest BCUT2D eigenvalue weighted by Gasteiger charge is 2.33. The van der Waals surface area contributed by atoms with E-state index < -0.39 is 15.9 Å². The van der Waals surface area contributed by atoms with E-state index in [-0.39, 0.29) is 22.8 Å². The summed E-state index contributed by atoms with van der Waals surface area (Å²) in [6, 6.07) is 13.4. The van der Waals surface area contributed by atoms with Gasteiger partial charge in [-0.15, -0.1) is 0 Å². The van der Waals surface area contributed by atoms with Gasteiger partial charge in [0.25, 0.3) is 5.91 Å². The molecular weight excluding hydrogens is 466 g/mol. The maximum atomic E-state index is 12.8. The lowest BCUT2D eigenvalue weighted by molar-refractivity contribution is -0.126. The normalized spacial score (nSPS) is 16.0. The number of anilines is 1. The van der Waals surface area contributed by atoms with Crippen LogP contribution in [-0.4, -0.2) is 36.0 Å². The molecule has 1 saturated heterocycles. The molecule has 168 valence electrons. The number of amides is 2. The van der Waals surface area contributed by atoms with Gasteiger partial charge in [-0.25, -0.2) is 13.6 Å². The first-order chi connectivity index (χ1) is 14.8. The van der Waals surface area contributed by atoms with Gasteiger partial charge < -0.3 is 5.32 Å². The summed E-state index contributed by atoms with van der Waals surface area (Å²) >= 11 is 6.44. The SMILES string of the molecule is CC(C)(C)c1ccc(/C=C2\SC(=S)N(CC(=O)Nc3ccc(S(N)(=O)=O)cc3)C2=O)cc1. The van der Waals surface area contributed by atoms with Crippen molar-refractivity contribution in [3.8, 4) is 0 Å². The molecule has 1 aliphatic heterocycles. The number of rotatable bonds is 5. The third kappa shape index (κ3) is 5.83. The first-order valence-electron chi connectivity index (χ1n) is 9.63. The van der Waals surface area contributed by atoms with Crippen LogP contribution >= 0.6 is 24.0 Å². The topological polar surface area (TPSA) is 110 Å². The fraction of sp³-hybridized carbons (Fsp3) is 0.227. The van der Waals surface area contributed by atoms with Crippen LogP contribution in [0.5, 0.6) is 0 Å². The Kier molecular flexibility index (Phi) is 6.89. The number of thiocarbonyl (C=S) groups is 1. The second kappa shape index (κ2) is 9.14. The van der Waals surface area contributed by atoms with Crippen molar-refractivity contribution in [2.75, 3.05) is 11.9 Å². The predicted octanol–water partition coefficient (Wildman–Crippen LogP) is 3.47. The van der Waals surface area contributed by atoms with Crippen LogP contribution in [0.1, 0.15) is 31.9 Å². The van der Waals surface area contributed by atoms with E-state index in [9.17, 15) is 18.0 Å². The molecule has 0 spiro atoms. The van der Waals surface area contributed by atoms with Crippen molar-refractivity contribution in [3.05, 3.63) is 64.6 Å². The van der Waals surface area contributed by atoms with E-state index in [2.05, 4.69) is 26.1 Å².